The summed E-state index contributed by atoms with van der Waals surface area (Å²) in [6, 6.07) is 16.7. The molecule has 1 fully saturated rings. The van der Waals surface area contributed by atoms with E-state index in [1.165, 1.54) is 48.5 Å². The molecule has 4 aromatic rings. The van der Waals surface area contributed by atoms with Gasteiger partial charge in [-0.25, -0.2) is 27.2 Å². The number of nitrogens with two attached hydrogens (primary N) is 1. The maximum absolute atomic E-state index is 14.4. The monoisotopic (exact) mass is 726 g/mol. The number of nitrogens with one attached hydrogen (secondary N) is 1. The maximum atomic E-state index is 14.4. The van der Waals surface area contributed by atoms with Crippen LogP contribution in [0.5, 0.6) is 0 Å². The molecule has 0 spiro atoms. The van der Waals surface area contributed by atoms with Crippen LogP contribution in [0.25, 0.3) is 22.3 Å². The molecule has 0 saturated carbocycles. The number of hydrogen-bond acceptors (Lipinski definition) is 9. The number of benzene rings is 4. The Balaban J connectivity index is 0.000000246. The molecule has 0 aliphatic carbocycles. The van der Waals surface area contributed by atoms with Gasteiger partial charge in [0.1, 0.15) is 34.4 Å². The van der Waals surface area contributed by atoms with E-state index in [-0.39, 0.29) is 65.8 Å². The topological polar surface area (TPSA) is 154 Å². The summed E-state index contributed by atoms with van der Waals surface area (Å²) < 4.78 is 69.6. The zero-order valence-electron chi connectivity index (χ0n) is 28.5. The fraction of sp³-hybridized carbons (Fsp3) is 0.263. The Morgan fingerprint density at radius 2 is 1.31 bits per heavy atom. The number of esters is 3. The Labute approximate surface area is 297 Å². The van der Waals surface area contributed by atoms with Gasteiger partial charge in [0.05, 0.1) is 20.8 Å². The molecular formula is C38H38F4N2O8. The molecule has 0 radical (unpaired) electrons. The smallest absolute Gasteiger partial charge is 0.341 e. The molecule has 1 amide bonds. The highest BCUT2D eigenvalue weighted by molar-refractivity contribution is 5.98. The van der Waals surface area contributed by atoms with Gasteiger partial charge in [0, 0.05) is 43.7 Å². The molecule has 1 aliphatic heterocycles. The van der Waals surface area contributed by atoms with Crippen molar-refractivity contribution in [3.05, 3.63) is 118 Å². The molecule has 1 heterocycles. The first-order chi connectivity index (χ1) is 24.9. The summed E-state index contributed by atoms with van der Waals surface area (Å²) in [5, 5.41) is 11.2. The number of hydrogen-bond donors (Lipinski definition) is 3. The quantitative estimate of drug-likeness (QED) is 0.101. The molecule has 52 heavy (non-hydrogen) atoms. The second-order valence-electron chi connectivity index (χ2n) is 11.1. The first-order valence-electron chi connectivity index (χ1n) is 16.0. The largest absolute Gasteiger partial charge is 0.466 e. The zero-order chi connectivity index (χ0) is 38.2. The number of amides is 1. The third-order valence-electron chi connectivity index (χ3n) is 7.58. The van der Waals surface area contributed by atoms with Crippen LogP contribution in [0.2, 0.25) is 0 Å². The minimum absolute atomic E-state index is 0.0105. The predicted molar refractivity (Wildman–Crippen MR) is 183 cm³/mol. The molecule has 4 aromatic carbocycles. The van der Waals surface area contributed by atoms with Crippen molar-refractivity contribution in [2.45, 2.75) is 38.8 Å². The number of halogens is 4. The van der Waals surface area contributed by atoms with Crippen molar-refractivity contribution < 1.29 is 56.1 Å². The first-order valence-corrected chi connectivity index (χ1v) is 16.0. The van der Waals surface area contributed by atoms with Gasteiger partial charge in [0.15, 0.2) is 0 Å². The Morgan fingerprint density at radius 1 is 0.788 bits per heavy atom. The van der Waals surface area contributed by atoms with Crippen LogP contribution in [0, 0.1) is 23.3 Å². The zero-order valence-corrected chi connectivity index (χ0v) is 28.5. The molecule has 276 valence electrons. The first kappa shape index (κ1) is 40.8. The number of methoxy groups -OCH3 is 2. The minimum atomic E-state index is -0.848. The van der Waals surface area contributed by atoms with Gasteiger partial charge in [-0.05, 0) is 59.4 Å². The lowest BCUT2D eigenvalue weighted by Gasteiger charge is -2.11. The van der Waals surface area contributed by atoms with Crippen LogP contribution in [-0.4, -0.2) is 56.4 Å². The van der Waals surface area contributed by atoms with Crippen molar-refractivity contribution in [2.24, 2.45) is 5.73 Å². The van der Waals surface area contributed by atoms with Crippen LogP contribution < -0.4 is 11.1 Å². The highest BCUT2D eigenvalue weighted by atomic mass is 19.1. The minimum Gasteiger partial charge on any atom is -0.466 e. The van der Waals surface area contributed by atoms with E-state index in [4.69, 9.17) is 10.8 Å². The van der Waals surface area contributed by atoms with Crippen molar-refractivity contribution >= 4 is 23.8 Å². The Bertz CT molecular complexity index is 1880. The van der Waals surface area contributed by atoms with Gasteiger partial charge >= 0.3 is 17.9 Å². The summed E-state index contributed by atoms with van der Waals surface area (Å²) in [5.74, 6) is -4.54. The SMILES string of the molecule is COC(=O)c1c(F)cccc1-c1ccc(CN)c(F)c1.COC(=O)c1c(F)cccc1-c1ccc(CNC(=O)CCCO)c(F)c1.O=C1CCCO1. The van der Waals surface area contributed by atoms with Crippen molar-refractivity contribution in [1.82, 2.24) is 5.32 Å². The van der Waals surface area contributed by atoms with Crippen LogP contribution in [0.3, 0.4) is 0 Å². The van der Waals surface area contributed by atoms with Gasteiger partial charge in [-0.3, -0.25) is 9.59 Å². The molecular weight excluding hydrogens is 688 g/mol. The van der Waals surface area contributed by atoms with Gasteiger partial charge in [0.25, 0.3) is 0 Å². The summed E-state index contributed by atoms with van der Waals surface area (Å²) >= 11 is 0. The van der Waals surface area contributed by atoms with E-state index in [0.29, 0.717) is 36.1 Å². The predicted octanol–water partition coefficient (Wildman–Crippen LogP) is 6.01. The van der Waals surface area contributed by atoms with E-state index in [9.17, 15) is 36.7 Å². The molecule has 14 heteroatoms. The Morgan fingerprint density at radius 3 is 1.69 bits per heavy atom. The maximum Gasteiger partial charge on any atom is 0.341 e. The number of ether oxygens (including phenoxy) is 3. The lowest BCUT2D eigenvalue weighted by molar-refractivity contribution is -0.138. The van der Waals surface area contributed by atoms with E-state index in [1.807, 2.05) is 0 Å². The molecule has 0 unspecified atom stereocenters. The van der Waals surface area contributed by atoms with Crippen LogP contribution >= 0.6 is 0 Å². The van der Waals surface area contributed by atoms with Crippen LogP contribution in [0.1, 0.15) is 57.5 Å². The highest BCUT2D eigenvalue weighted by Gasteiger charge is 2.20. The average Bonchev–Trinajstić information content (AvgIpc) is 3.63. The number of aliphatic hydroxyl groups is 1. The van der Waals surface area contributed by atoms with Crippen molar-refractivity contribution in [3.8, 4) is 22.3 Å². The third kappa shape index (κ3) is 11.2. The van der Waals surface area contributed by atoms with E-state index in [0.717, 1.165) is 32.8 Å². The number of aliphatic hydroxyl groups excluding tert-OH is 1. The molecule has 10 nitrogen and oxygen atoms in total. The van der Waals surface area contributed by atoms with Crippen molar-refractivity contribution in [1.29, 1.82) is 0 Å². The highest BCUT2D eigenvalue weighted by Crippen LogP contribution is 2.29. The standard InChI is InChI=1S/C19H19F2NO4.C15H13F2NO2.C4H6O2/c1-26-19(25)18-14(4-2-5-15(18)20)12-7-8-13(16(21)10-12)11-22-17(24)6-3-9-23;1-20-15(19)14-11(3-2-4-12(14)16)9-5-6-10(8-18)13(17)7-9;5-4-2-1-3-6-4/h2,4-5,7-8,10,23H,3,6,9,11H2,1H3,(H,22,24);2-7H,8,18H2,1H3;1-3H2. The van der Waals surface area contributed by atoms with Crippen molar-refractivity contribution in [2.75, 3.05) is 27.4 Å². The van der Waals surface area contributed by atoms with Gasteiger partial charge in [-0.2, -0.15) is 0 Å². The molecule has 0 aromatic heterocycles. The normalized spacial score (nSPS) is 11.7. The van der Waals surface area contributed by atoms with Gasteiger partial charge in [-0.1, -0.05) is 48.5 Å². The molecule has 5 rings (SSSR count). The Kier molecular flexibility index (Phi) is 15.9. The summed E-state index contributed by atoms with van der Waals surface area (Å²) in [6.07, 6.45) is 2.03. The van der Waals surface area contributed by atoms with E-state index < -0.39 is 35.2 Å². The second-order valence-corrected chi connectivity index (χ2v) is 11.1. The number of cyclic esters (lactones) is 1. The fourth-order valence-electron chi connectivity index (χ4n) is 4.88. The van der Waals surface area contributed by atoms with E-state index in [2.05, 4.69) is 19.5 Å². The molecule has 1 aliphatic rings. The lowest BCUT2D eigenvalue weighted by Crippen LogP contribution is -2.23. The summed E-state index contributed by atoms with van der Waals surface area (Å²) in [7, 11) is 2.30. The average molecular weight is 727 g/mol. The van der Waals surface area contributed by atoms with Crippen LogP contribution in [-0.2, 0) is 36.9 Å². The van der Waals surface area contributed by atoms with E-state index in [1.54, 1.807) is 12.1 Å². The summed E-state index contributed by atoms with van der Waals surface area (Å²) in [4.78, 5) is 45.0. The molecule has 0 atom stereocenters. The van der Waals surface area contributed by atoms with Gasteiger partial charge < -0.3 is 30.4 Å². The fourth-order valence-corrected chi connectivity index (χ4v) is 4.88. The third-order valence-corrected chi connectivity index (χ3v) is 7.58. The Hall–Kier alpha value is -5.60. The molecule has 0 bridgehead atoms. The van der Waals surface area contributed by atoms with Gasteiger partial charge in [-0.15, -0.1) is 0 Å². The number of carbonyl (C=O) groups excluding carboxylic acids is 4. The number of rotatable bonds is 10. The van der Waals surface area contributed by atoms with Crippen LogP contribution in [0.4, 0.5) is 17.6 Å². The van der Waals surface area contributed by atoms with Gasteiger partial charge in [0.2, 0.25) is 5.91 Å². The summed E-state index contributed by atoms with van der Waals surface area (Å²) in [5.41, 5.74) is 6.72. The van der Waals surface area contributed by atoms with Crippen molar-refractivity contribution in [3.63, 3.8) is 0 Å². The lowest BCUT2D eigenvalue weighted by atomic mass is 9.98. The number of carbonyl (C=O) groups is 4. The van der Waals surface area contributed by atoms with E-state index >= 15 is 0 Å². The van der Waals surface area contributed by atoms with Crippen LogP contribution in [0.15, 0.2) is 72.8 Å². The molecule has 1 saturated heterocycles. The molecule has 4 N–H and O–H groups in total. The summed E-state index contributed by atoms with van der Waals surface area (Å²) in [6.45, 7) is 0.605. The second kappa shape index (κ2) is 20.3.